The molecule has 0 amide bonds. The minimum Gasteiger partial charge on any atom is -0.228 e. The first-order valence-electron chi connectivity index (χ1n) is 5.40. The van der Waals surface area contributed by atoms with E-state index in [4.69, 9.17) is 0 Å². The zero-order valence-electron chi connectivity index (χ0n) is 9.42. The molecule has 0 radical (unpaired) electrons. The number of aromatic nitrogens is 1. The second-order valence-corrected chi connectivity index (χ2v) is 7.00. The Morgan fingerprint density at radius 1 is 1.44 bits per heavy atom. The highest BCUT2D eigenvalue weighted by molar-refractivity contribution is 9.10. The molecule has 0 unspecified atom stereocenters. The van der Waals surface area contributed by atoms with Crippen molar-refractivity contribution in [3.63, 3.8) is 0 Å². The van der Waals surface area contributed by atoms with Crippen LogP contribution in [-0.4, -0.2) is 10.7 Å². The van der Waals surface area contributed by atoms with Crippen LogP contribution in [0.5, 0.6) is 0 Å². The number of halogens is 1. The molecule has 1 heterocycles. The minimum atomic E-state index is 1.11. The maximum absolute atomic E-state index is 4.66. The topological polar surface area (TPSA) is 12.9 Å². The van der Waals surface area contributed by atoms with E-state index in [-0.39, 0.29) is 0 Å². The van der Waals surface area contributed by atoms with Crippen molar-refractivity contribution in [2.45, 2.75) is 31.0 Å². The fourth-order valence-corrected chi connectivity index (χ4v) is 4.60. The van der Waals surface area contributed by atoms with Gasteiger partial charge in [0.05, 0.1) is 10.2 Å². The van der Waals surface area contributed by atoms with E-state index in [0.717, 1.165) is 9.99 Å². The van der Waals surface area contributed by atoms with Crippen molar-refractivity contribution < 1.29 is 0 Å². The molecular formula is C12H14BrNS2. The van der Waals surface area contributed by atoms with E-state index in [1.54, 1.807) is 11.3 Å². The molecule has 0 atom stereocenters. The fourth-order valence-electron chi connectivity index (χ4n) is 1.46. The first kappa shape index (κ1) is 12.4. The van der Waals surface area contributed by atoms with Gasteiger partial charge in [0.2, 0.25) is 0 Å². The second-order valence-electron chi connectivity index (χ2n) is 3.78. The lowest BCUT2D eigenvalue weighted by molar-refractivity contribution is 0.896. The Bertz CT molecular complexity index is 493. The lowest BCUT2D eigenvalue weighted by atomic mass is 10.2. The molecule has 0 saturated carbocycles. The Morgan fingerprint density at radius 2 is 2.25 bits per heavy atom. The number of rotatable bonds is 4. The molecule has 0 aliphatic rings. The molecule has 0 aliphatic heterocycles. The van der Waals surface area contributed by atoms with Crippen molar-refractivity contribution in [2.24, 2.45) is 0 Å². The van der Waals surface area contributed by atoms with E-state index in [9.17, 15) is 0 Å². The third kappa shape index (κ3) is 2.79. The molecule has 0 N–H and O–H groups in total. The van der Waals surface area contributed by atoms with Crippen molar-refractivity contribution in [1.82, 2.24) is 4.98 Å². The van der Waals surface area contributed by atoms with Gasteiger partial charge in [0.25, 0.3) is 0 Å². The molecule has 4 heteroatoms. The molecular weight excluding hydrogens is 302 g/mol. The average Bonchev–Trinajstić information content (AvgIpc) is 2.61. The van der Waals surface area contributed by atoms with Gasteiger partial charge in [0.15, 0.2) is 4.34 Å². The quantitative estimate of drug-likeness (QED) is 0.564. The standard InChI is InChI=1S/C12H14BrNS2/c1-3-4-5-15-12-14-11-9(13)6-8(2)7-10(11)16-12/h6-7H,3-5H2,1-2H3. The first-order chi connectivity index (χ1) is 7.70. The summed E-state index contributed by atoms with van der Waals surface area (Å²) in [7, 11) is 0. The number of hydrogen-bond acceptors (Lipinski definition) is 3. The normalized spacial score (nSPS) is 11.2. The van der Waals surface area contributed by atoms with Crippen molar-refractivity contribution in [3.8, 4) is 0 Å². The SMILES string of the molecule is CCCCSc1nc2c(Br)cc(C)cc2s1. The zero-order chi connectivity index (χ0) is 11.5. The summed E-state index contributed by atoms with van der Waals surface area (Å²) in [6.07, 6.45) is 2.52. The van der Waals surface area contributed by atoms with Gasteiger partial charge in [-0.15, -0.1) is 11.3 Å². The van der Waals surface area contributed by atoms with E-state index in [2.05, 4.69) is 46.9 Å². The highest BCUT2D eigenvalue weighted by atomic mass is 79.9. The number of thiazole rings is 1. The zero-order valence-corrected chi connectivity index (χ0v) is 12.6. The van der Waals surface area contributed by atoms with Gasteiger partial charge in [0, 0.05) is 10.2 Å². The van der Waals surface area contributed by atoms with Crippen LogP contribution in [-0.2, 0) is 0 Å². The molecule has 2 aromatic rings. The number of aryl methyl sites for hydroxylation is 1. The van der Waals surface area contributed by atoms with Gasteiger partial charge in [-0.05, 0) is 47.0 Å². The van der Waals surface area contributed by atoms with Crippen LogP contribution in [0, 0.1) is 6.92 Å². The summed E-state index contributed by atoms with van der Waals surface area (Å²) in [5, 5.41) is 0. The van der Waals surface area contributed by atoms with E-state index in [1.165, 1.54) is 33.2 Å². The van der Waals surface area contributed by atoms with Crippen LogP contribution in [0.15, 0.2) is 20.9 Å². The van der Waals surface area contributed by atoms with Crippen LogP contribution < -0.4 is 0 Å². The summed E-state index contributed by atoms with van der Waals surface area (Å²) < 4.78 is 3.58. The predicted molar refractivity (Wildman–Crippen MR) is 77.7 cm³/mol. The molecule has 1 aromatic carbocycles. The Hall–Kier alpha value is -0.0600. The van der Waals surface area contributed by atoms with Gasteiger partial charge in [0.1, 0.15) is 0 Å². The summed E-state index contributed by atoms with van der Waals surface area (Å²) in [4.78, 5) is 4.66. The molecule has 1 nitrogen and oxygen atoms in total. The average molecular weight is 316 g/mol. The number of fused-ring (bicyclic) bond motifs is 1. The summed E-state index contributed by atoms with van der Waals surface area (Å²) >= 11 is 7.25. The van der Waals surface area contributed by atoms with Crippen LogP contribution in [0.25, 0.3) is 10.2 Å². The van der Waals surface area contributed by atoms with Gasteiger partial charge in [-0.25, -0.2) is 4.98 Å². The monoisotopic (exact) mass is 315 g/mol. The van der Waals surface area contributed by atoms with Crippen molar-refractivity contribution >= 4 is 49.2 Å². The third-order valence-corrected chi connectivity index (χ3v) is 5.13. The van der Waals surface area contributed by atoms with Gasteiger partial charge in [-0.2, -0.15) is 0 Å². The smallest absolute Gasteiger partial charge is 0.151 e. The van der Waals surface area contributed by atoms with E-state index in [0.29, 0.717) is 0 Å². The Morgan fingerprint density at radius 3 is 3.00 bits per heavy atom. The molecule has 0 fully saturated rings. The Kier molecular flexibility index (Phi) is 4.27. The summed E-state index contributed by atoms with van der Waals surface area (Å²) in [5.74, 6) is 1.17. The maximum atomic E-state index is 4.66. The maximum Gasteiger partial charge on any atom is 0.151 e. The fraction of sp³-hybridized carbons (Fsp3) is 0.417. The molecule has 2 rings (SSSR count). The highest BCUT2D eigenvalue weighted by Crippen LogP contribution is 2.34. The summed E-state index contributed by atoms with van der Waals surface area (Å²) in [5.41, 5.74) is 2.39. The van der Waals surface area contributed by atoms with E-state index >= 15 is 0 Å². The predicted octanol–water partition coefficient (Wildman–Crippen LogP) is 5.26. The Balaban J connectivity index is 2.26. The number of unbranched alkanes of at least 4 members (excludes halogenated alkanes) is 1. The van der Waals surface area contributed by atoms with E-state index in [1.807, 2.05) is 11.8 Å². The lowest BCUT2D eigenvalue weighted by Crippen LogP contribution is -1.77. The Labute approximate surface area is 113 Å². The molecule has 0 bridgehead atoms. The van der Waals surface area contributed by atoms with Crippen molar-refractivity contribution in [1.29, 1.82) is 0 Å². The van der Waals surface area contributed by atoms with Crippen molar-refractivity contribution in [2.75, 3.05) is 5.75 Å². The van der Waals surface area contributed by atoms with Crippen LogP contribution in [0.3, 0.4) is 0 Å². The van der Waals surface area contributed by atoms with Gasteiger partial charge < -0.3 is 0 Å². The van der Waals surface area contributed by atoms with Crippen LogP contribution in [0.4, 0.5) is 0 Å². The van der Waals surface area contributed by atoms with Gasteiger partial charge in [-0.3, -0.25) is 0 Å². The molecule has 16 heavy (non-hydrogen) atoms. The second kappa shape index (κ2) is 5.52. The molecule has 0 saturated heterocycles. The van der Waals surface area contributed by atoms with Crippen LogP contribution >= 0.6 is 39.0 Å². The number of hydrogen-bond donors (Lipinski definition) is 0. The molecule has 0 aliphatic carbocycles. The number of nitrogens with zero attached hydrogens (tertiary/aromatic N) is 1. The highest BCUT2D eigenvalue weighted by Gasteiger charge is 2.07. The summed E-state index contributed by atoms with van der Waals surface area (Å²) in [6.45, 7) is 4.34. The van der Waals surface area contributed by atoms with Crippen molar-refractivity contribution in [3.05, 3.63) is 22.2 Å². The molecule has 1 aromatic heterocycles. The third-order valence-electron chi connectivity index (χ3n) is 2.30. The van der Waals surface area contributed by atoms with Gasteiger partial charge in [-0.1, -0.05) is 25.1 Å². The van der Waals surface area contributed by atoms with Crippen LogP contribution in [0.2, 0.25) is 0 Å². The molecule has 0 spiro atoms. The van der Waals surface area contributed by atoms with E-state index < -0.39 is 0 Å². The van der Waals surface area contributed by atoms with Crippen LogP contribution in [0.1, 0.15) is 25.3 Å². The largest absolute Gasteiger partial charge is 0.228 e. The first-order valence-corrected chi connectivity index (χ1v) is 7.99. The molecule has 86 valence electrons. The number of thioether (sulfide) groups is 1. The lowest BCUT2D eigenvalue weighted by Gasteiger charge is -1.94. The van der Waals surface area contributed by atoms with Gasteiger partial charge >= 0.3 is 0 Å². The summed E-state index contributed by atoms with van der Waals surface area (Å²) in [6, 6.07) is 4.34. The minimum absolute atomic E-state index is 1.11. The number of benzene rings is 1.